The number of aromatic amines is 1. The number of hydrogen-bond acceptors (Lipinski definition) is 5. The normalized spacial score (nSPS) is 17.9. The first kappa shape index (κ1) is 22.6. The van der Waals surface area contributed by atoms with E-state index in [1.54, 1.807) is 29.2 Å². The van der Waals surface area contributed by atoms with Crippen LogP contribution in [0.1, 0.15) is 30.5 Å². The van der Waals surface area contributed by atoms with Crippen LogP contribution in [0.4, 0.5) is 0 Å². The van der Waals surface area contributed by atoms with Gasteiger partial charge in [0.15, 0.2) is 0 Å². The molecule has 0 radical (unpaired) electrons. The van der Waals surface area contributed by atoms with E-state index in [-0.39, 0.29) is 11.3 Å². The quantitative estimate of drug-likeness (QED) is 0.310. The number of carbonyl (C=O) groups is 2. The van der Waals surface area contributed by atoms with Crippen LogP contribution in [-0.4, -0.2) is 65.4 Å². The van der Waals surface area contributed by atoms with E-state index in [1.165, 1.54) is 0 Å². The van der Waals surface area contributed by atoms with Gasteiger partial charge in [-0.25, -0.2) is 0 Å². The summed E-state index contributed by atoms with van der Waals surface area (Å²) in [6, 6.07) is 14.0. The summed E-state index contributed by atoms with van der Waals surface area (Å²) in [5, 5.41) is 12.1. The number of aromatic nitrogens is 1. The van der Waals surface area contributed by atoms with Gasteiger partial charge in [-0.3, -0.25) is 9.59 Å². The molecule has 1 unspecified atom stereocenters. The molecule has 172 valence electrons. The maximum atomic E-state index is 13.2. The first-order valence-corrected chi connectivity index (χ1v) is 11.1. The summed E-state index contributed by atoms with van der Waals surface area (Å²) in [6.45, 7) is 3.58. The second-order valence-corrected chi connectivity index (χ2v) is 8.46. The van der Waals surface area contributed by atoms with Gasteiger partial charge in [-0.05, 0) is 50.8 Å². The Balaban J connectivity index is 1.81. The maximum absolute atomic E-state index is 13.2. The van der Waals surface area contributed by atoms with Gasteiger partial charge < -0.3 is 24.6 Å². The number of likely N-dealkylation sites (tertiary alicyclic amines) is 1. The number of Topliss-reactive ketones (excluding diaryl/α,β-unsaturated/α-hetero) is 1. The molecule has 1 amide bonds. The average molecular weight is 448 g/mol. The third-order valence-electron chi connectivity index (χ3n) is 5.84. The largest absolute Gasteiger partial charge is 0.507 e. The summed E-state index contributed by atoms with van der Waals surface area (Å²) in [5.41, 5.74) is 2.26. The lowest BCUT2D eigenvalue weighted by Crippen LogP contribution is -2.35. The highest BCUT2D eigenvalue weighted by atomic mass is 16.5. The molecular formula is C26H29N3O4. The molecule has 0 aliphatic carbocycles. The minimum absolute atomic E-state index is 0.103. The minimum Gasteiger partial charge on any atom is -0.507 e. The maximum Gasteiger partial charge on any atom is 0.295 e. The number of likely N-dealkylation sites (N-methyl/N-ethyl adjacent to an activating group) is 1. The number of hydrogen-bond donors (Lipinski definition) is 2. The van der Waals surface area contributed by atoms with E-state index in [1.807, 2.05) is 56.4 Å². The third-order valence-corrected chi connectivity index (χ3v) is 5.84. The lowest BCUT2D eigenvalue weighted by molar-refractivity contribution is -0.140. The fourth-order valence-corrected chi connectivity index (χ4v) is 4.15. The van der Waals surface area contributed by atoms with Crippen molar-refractivity contribution in [2.75, 3.05) is 33.8 Å². The van der Waals surface area contributed by atoms with Gasteiger partial charge >= 0.3 is 0 Å². The van der Waals surface area contributed by atoms with Crippen LogP contribution in [0.25, 0.3) is 16.7 Å². The van der Waals surface area contributed by atoms with Gasteiger partial charge in [0, 0.05) is 41.3 Å². The fraction of sp³-hybridized carbons (Fsp3) is 0.308. The topological polar surface area (TPSA) is 85.9 Å². The number of benzene rings is 2. The third kappa shape index (κ3) is 4.36. The zero-order valence-electron chi connectivity index (χ0n) is 19.2. The zero-order chi connectivity index (χ0) is 23.5. The molecule has 1 aliphatic heterocycles. The summed E-state index contributed by atoms with van der Waals surface area (Å²) in [5.74, 6) is -0.768. The molecule has 4 rings (SSSR count). The van der Waals surface area contributed by atoms with E-state index in [0.717, 1.165) is 22.9 Å². The van der Waals surface area contributed by atoms with Crippen molar-refractivity contribution in [3.8, 4) is 5.75 Å². The molecule has 2 N–H and O–H groups in total. The van der Waals surface area contributed by atoms with Crippen molar-refractivity contribution in [2.45, 2.75) is 19.4 Å². The standard InChI is InChI=1S/C26H29N3O4/c1-4-15-33-18-11-9-17(10-12-18)24(30)22-23(20-16-27-21-8-6-5-7-19(20)21)29(14-13-28(2)3)26(32)25(22)31/h5-12,16,23,27,30H,4,13-15H2,1-3H3/b24-22+. The summed E-state index contributed by atoms with van der Waals surface area (Å²) < 4.78 is 5.62. The number of para-hydroxylation sites is 1. The Morgan fingerprint density at radius 3 is 2.55 bits per heavy atom. The van der Waals surface area contributed by atoms with E-state index >= 15 is 0 Å². The predicted octanol–water partition coefficient (Wildman–Crippen LogP) is 3.94. The van der Waals surface area contributed by atoms with Crippen molar-refractivity contribution in [1.29, 1.82) is 0 Å². The van der Waals surface area contributed by atoms with E-state index in [9.17, 15) is 14.7 Å². The van der Waals surface area contributed by atoms with Gasteiger partial charge in [0.2, 0.25) is 0 Å². The molecule has 2 heterocycles. The van der Waals surface area contributed by atoms with Crippen LogP contribution in [0, 0.1) is 0 Å². The summed E-state index contributed by atoms with van der Waals surface area (Å²) in [7, 11) is 3.83. The molecular weight excluding hydrogens is 418 g/mol. The number of ketones is 1. The van der Waals surface area contributed by atoms with Gasteiger partial charge in [-0.15, -0.1) is 0 Å². The second kappa shape index (κ2) is 9.50. The Labute approximate surface area is 193 Å². The van der Waals surface area contributed by atoms with Crippen LogP contribution >= 0.6 is 0 Å². The smallest absolute Gasteiger partial charge is 0.295 e. The highest BCUT2D eigenvalue weighted by molar-refractivity contribution is 6.46. The molecule has 3 aromatic rings. The van der Waals surface area contributed by atoms with Crippen molar-refractivity contribution < 1.29 is 19.4 Å². The van der Waals surface area contributed by atoms with Crippen LogP contribution < -0.4 is 4.74 Å². The van der Waals surface area contributed by atoms with Crippen LogP contribution in [0.15, 0.2) is 60.3 Å². The van der Waals surface area contributed by atoms with Crippen LogP contribution in [0.2, 0.25) is 0 Å². The van der Waals surface area contributed by atoms with Crippen LogP contribution in [0.3, 0.4) is 0 Å². The number of aliphatic hydroxyl groups excluding tert-OH is 1. The van der Waals surface area contributed by atoms with E-state index in [2.05, 4.69) is 4.98 Å². The summed E-state index contributed by atoms with van der Waals surface area (Å²) in [4.78, 5) is 33.0. The molecule has 7 heteroatoms. The molecule has 1 aromatic heterocycles. The second-order valence-electron chi connectivity index (χ2n) is 8.46. The highest BCUT2D eigenvalue weighted by Gasteiger charge is 2.46. The van der Waals surface area contributed by atoms with E-state index in [0.29, 0.717) is 31.0 Å². The number of carbonyl (C=O) groups excluding carboxylic acids is 2. The van der Waals surface area contributed by atoms with Crippen LogP contribution in [-0.2, 0) is 9.59 Å². The van der Waals surface area contributed by atoms with Gasteiger partial charge in [0.05, 0.1) is 18.2 Å². The van der Waals surface area contributed by atoms with Gasteiger partial charge in [-0.2, -0.15) is 0 Å². The number of rotatable bonds is 8. The van der Waals surface area contributed by atoms with Crippen molar-refractivity contribution in [3.63, 3.8) is 0 Å². The number of nitrogens with zero attached hydrogens (tertiary/aromatic N) is 2. The number of amides is 1. The SMILES string of the molecule is CCCOc1ccc(/C(O)=C2\C(=O)C(=O)N(CCN(C)C)C2c2c[nH]c3ccccc23)cc1. The minimum atomic E-state index is -0.683. The number of aliphatic hydroxyl groups is 1. The van der Waals surface area contributed by atoms with Gasteiger partial charge in [0.1, 0.15) is 11.5 Å². The molecule has 0 spiro atoms. The first-order chi connectivity index (χ1) is 15.9. The van der Waals surface area contributed by atoms with Crippen molar-refractivity contribution >= 4 is 28.4 Å². The molecule has 1 aliphatic rings. The Bertz CT molecular complexity index is 1190. The molecule has 0 saturated carbocycles. The van der Waals surface area contributed by atoms with Crippen LogP contribution in [0.5, 0.6) is 5.75 Å². The zero-order valence-corrected chi connectivity index (χ0v) is 19.2. The first-order valence-electron chi connectivity index (χ1n) is 11.1. The molecule has 1 fully saturated rings. The summed E-state index contributed by atoms with van der Waals surface area (Å²) in [6.07, 6.45) is 2.71. The monoisotopic (exact) mass is 447 g/mol. The summed E-state index contributed by atoms with van der Waals surface area (Å²) >= 11 is 0. The number of H-pyrrole nitrogens is 1. The van der Waals surface area contributed by atoms with Gasteiger partial charge in [-0.1, -0.05) is 25.1 Å². The number of fused-ring (bicyclic) bond motifs is 1. The average Bonchev–Trinajstić information content (AvgIpc) is 3.35. The lowest BCUT2D eigenvalue weighted by atomic mass is 9.95. The molecule has 1 saturated heterocycles. The van der Waals surface area contributed by atoms with Crippen molar-refractivity contribution in [1.82, 2.24) is 14.8 Å². The highest BCUT2D eigenvalue weighted by Crippen LogP contribution is 2.41. The fourth-order valence-electron chi connectivity index (χ4n) is 4.15. The Hall–Kier alpha value is -3.58. The molecule has 0 bridgehead atoms. The Morgan fingerprint density at radius 1 is 1.12 bits per heavy atom. The van der Waals surface area contributed by atoms with E-state index < -0.39 is 17.7 Å². The molecule has 2 aromatic carbocycles. The Kier molecular flexibility index (Phi) is 6.51. The number of nitrogens with one attached hydrogen (secondary N) is 1. The van der Waals surface area contributed by atoms with Crippen molar-refractivity contribution in [3.05, 3.63) is 71.4 Å². The van der Waals surface area contributed by atoms with Crippen molar-refractivity contribution in [2.24, 2.45) is 0 Å². The predicted molar refractivity (Wildman–Crippen MR) is 128 cm³/mol. The molecule has 1 atom stereocenters. The number of ether oxygens (including phenoxy) is 1. The molecule has 7 nitrogen and oxygen atoms in total. The van der Waals surface area contributed by atoms with Gasteiger partial charge in [0.25, 0.3) is 11.7 Å². The van der Waals surface area contributed by atoms with E-state index in [4.69, 9.17) is 4.74 Å². The Morgan fingerprint density at radius 2 is 1.85 bits per heavy atom. The lowest BCUT2D eigenvalue weighted by Gasteiger charge is -2.26. The molecule has 33 heavy (non-hydrogen) atoms.